The van der Waals surface area contributed by atoms with E-state index in [9.17, 15) is 10.1 Å². The molecule has 5 atom stereocenters. The molecule has 3 aromatic rings. The Hall–Kier alpha value is -3.14. The lowest BCUT2D eigenvalue weighted by atomic mass is 9.50. The molecule has 0 radical (unpaired) electrons. The summed E-state index contributed by atoms with van der Waals surface area (Å²) in [5.74, 6) is -0.0788. The third-order valence-electron chi connectivity index (χ3n) is 8.37. The van der Waals surface area contributed by atoms with Crippen molar-refractivity contribution in [3.05, 3.63) is 101 Å². The molecule has 38 heavy (non-hydrogen) atoms. The predicted octanol–water partition coefficient (Wildman–Crippen LogP) is 7.75. The smallest absolute Gasteiger partial charge is 0.232 e. The van der Waals surface area contributed by atoms with Crippen LogP contribution in [-0.2, 0) is 16.6 Å². The van der Waals surface area contributed by atoms with Crippen molar-refractivity contribution in [2.24, 2.45) is 17.3 Å². The number of anilines is 1. The number of nitrogens with one attached hydrogen (secondary N) is 1. The van der Waals surface area contributed by atoms with Gasteiger partial charge in [0.1, 0.15) is 0 Å². The van der Waals surface area contributed by atoms with Gasteiger partial charge in [0.25, 0.3) is 0 Å². The molecule has 0 fully saturated rings. The first kappa shape index (κ1) is 26.5. The van der Waals surface area contributed by atoms with Gasteiger partial charge in [-0.25, -0.2) is 4.98 Å². The minimum atomic E-state index is -0.799. The van der Waals surface area contributed by atoms with Crippen LogP contribution in [0.25, 0.3) is 0 Å². The Morgan fingerprint density at radius 1 is 1.16 bits per heavy atom. The Morgan fingerprint density at radius 2 is 1.89 bits per heavy atom. The second-order valence-corrected chi connectivity index (χ2v) is 12.5. The molecule has 0 spiro atoms. The molecule has 2 bridgehead atoms. The largest absolute Gasteiger partial charge is 0.301 e. The van der Waals surface area contributed by atoms with Crippen molar-refractivity contribution in [2.45, 2.75) is 49.8 Å². The average molecular weight is 540 g/mol. The number of rotatable bonds is 5. The van der Waals surface area contributed by atoms with Gasteiger partial charge >= 0.3 is 0 Å². The maximum atomic E-state index is 14.2. The molecule has 1 heterocycles. The van der Waals surface area contributed by atoms with Crippen molar-refractivity contribution in [1.29, 1.82) is 5.26 Å². The molecule has 194 valence electrons. The minimum absolute atomic E-state index is 0.0521. The molecular formula is C32H33N3OS2. The number of amides is 1. The molecule has 1 aromatic heterocycles. The summed E-state index contributed by atoms with van der Waals surface area (Å²) < 4.78 is 0. The van der Waals surface area contributed by atoms with E-state index in [0.29, 0.717) is 11.6 Å². The molecule has 4 nitrogen and oxygen atoms in total. The number of thiazole rings is 1. The van der Waals surface area contributed by atoms with E-state index in [-0.39, 0.29) is 23.7 Å². The summed E-state index contributed by atoms with van der Waals surface area (Å²) in [4.78, 5) is 20.2. The van der Waals surface area contributed by atoms with Gasteiger partial charge in [0.2, 0.25) is 5.91 Å². The van der Waals surface area contributed by atoms with Crippen molar-refractivity contribution in [3.8, 4) is 6.07 Å². The van der Waals surface area contributed by atoms with Gasteiger partial charge in [-0.1, -0.05) is 81.5 Å². The number of hydrogen-bond donors (Lipinski definition) is 1. The maximum absolute atomic E-state index is 14.2. The van der Waals surface area contributed by atoms with Crippen LogP contribution in [0.3, 0.4) is 0 Å². The lowest BCUT2D eigenvalue weighted by molar-refractivity contribution is -0.128. The van der Waals surface area contributed by atoms with Gasteiger partial charge in [-0.3, -0.25) is 4.79 Å². The van der Waals surface area contributed by atoms with Crippen LogP contribution in [-0.4, -0.2) is 17.1 Å². The van der Waals surface area contributed by atoms with Gasteiger partial charge in [-0.05, 0) is 53.3 Å². The van der Waals surface area contributed by atoms with Gasteiger partial charge in [0.15, 0.2) is 5.13 Å². The third kappa shape index (κ3) is 4.63. The van der Waals surface area contributed by atoms with E-state index in [4.69, 9.17) is 4.98 Å². The number of thioether (sulfide) groups is 1. The van der Waals surface area contributed by atoms with E-state index in [2.05, 4.69) is 86.1 Å². The fourth-order valence-corrected chi connectivity index (χ4v) is 7.49. The number of nitrogens with zero attached hydrogens (tertiary/aromatic N) is 2. The van der Waals surface area contributed by atoms with Crippen LogP contribution in [0.15, 0.2) is 83.1 Å². The number of benzene rings is 2. The minimum Gasteiger partial charge on any atom is -0.301 e. The second kappa shape index (κ2) is 10.6. The predicted molar refractivity (Wildman–Crippen MR) is 158 cm³/mol. The number of carbonyl (C=O) groups is 1. The van der Waals surface area contributed by atoms with Gasteiger partial charge in [-0.15, -0.1) is 23.1 Å². The zero-order chi connectivity index (χ0) is 26.9. The number of nitriles is 1. The van der Waals surface area contributed by atoms with Crippen molar-refractivity contribution >= 4 is 34.1 Å². The molecule has 5 unspecified atom stereocenters. The van der Waals surface area contributed by atoms with E-state index in [1.807, 2.05) is 30.5 Å². The number of aromatic nitrogens is 1. The van der Waals surface area contributed by atoms with Crippen LogP contribution >= 0.6 is 23.1 Å². The third-order valence-corrected chi connectivity index (χ3v) is 9.92. The summed E-state index contributed by atoms with van der Waals surface area (Å²) >= 11 is 3.19. The van der Waals surface area contributed by atoms with Gasteiger partial charge in [0, 0.05) is 22.6 Å². The van der Waals surface area contributed by atoms with Crippen LogP contribution < -0.4 is 5.32 Å². The highest BCUT2D eigenvalue weighted by Crippen LogP contribution is 2.58. The molecule has 0 saturated heterocycles. The zero-order valence-corrected chi connectivity index (χ0v) is 23.9. The lowest BCUT2D eigenvalue weighted by Gasteiger charge is -2.51. The zero-order valence-electron chi connectivity index (χ0n) is 22.3. The highest BCUT2D eigenvalue weighted by molar-refractivity contribution is 7.98. The quantitative estimate of drug-likeness (QED) is 0.337. The highest BCUT2D eigenvalue weighted by atomic mass is 32.2. The first-order valence-corrected chi connectivity index (χ1v) is 15.2. The first-order valence-electron chi connectivity index (χ1n) is 13.0. The van der Waals surface area contributed by atoms with Crippen molar-refractivity contribution in [1.82, 2.24) is 4.98 Å². The molecular weight excluding hydrogens is 507 g/mol. The standard InChI is InChI=1S/C32H33N3OS2/c1-21-9-5-6-10-22(2)32(20-33)19-31(3,28(21)26-11-7-8-12-27(26)32)29(36)35-30-34-24(18-38-30)17-23-13-15-25(37-4)16-14-23/h5-16,18,21-22,28H,17,19H2,1-4H3,(H,34,35,36)/b9-5-,10-6-. The van der Waals surface area contributed by atoms with Crippen LogP contribution in [0.1, 0.15) is 55.5 Å². The van der Waals surface area contributed by atoms with Crippen LogP contribution in [0, 0.1) is 28.6 Å². The lowest BCUT2D eigenvalue weighted by Crippen LogP contribution is -2.52. The normalized spacial score (nSPS) is 29.6. The van der Waals surface area contributed by atoms with Crippen LogP contribution in [0.5, 0.6) is 0 Å². The van der Waals surface area contributed by atoms with E-state index in [0.717, 1.165) is 23.2 Å². The van der Waals surface area contributed by atoms with E-state index in [1.54, 1.807) is 11.8 Å². The van der Waals surface area contributed by atoms with Crippen LogP contribution in [0.2, 0.25) is 0 Å². The molecule has 2 aliphatic rings. The fraction of sp³-hybridized carbons (Fsp3) is 0.344. The highest BCUT2D eigenvalue weighted by Gasteiger charge is 2.57. The molecule has 5 rings (SSSR count). The van der Waals surface area contributed by atoms with Crippen molar-refractivity contribution in [3.63, 3.8) is 0 Å². The molecule has 0 saturated carbocycles. The van der Waals surface area contributed by atoms with Crippen LogP contribution in [0.4, 0.5) is 5.13 Å². The van der Waals surface area contributed by atoms with Crippen molar-refractivity contribution < 1.29 is 4.79 Å². The Bertz CT molecular complexity index is 1430. The topological polar surface area (TPSA) is 65.8 Å². The van der Waals surface area contributed by atoms with Gasteiger partial charge in [0.05, 0.1) is 22.6 Å². The summed E-state index contributed by atoms with van der Waals surface area (Å²) in [7, 11) is 0. The summed E-state index contributed by atoms with van der Waals surface area (Å²) in [5.41, 5.74) is 2.70. The summed E-state index contributed by atoms with van der Waals surface area (Å²) in [5, 5.41) is 16.5. The molecule has 6 heteroatoms. The summed E-state index contributed by atoms with van der Waals surface area (Å²) in [6.45, 7) is 6.30. The molecule has 1 amide bonds. The van der Waals surface area contributed by atoms with E-state index in [1.165, 1.54) is 21.8 Å². The Kier molecular flexibility index (Phi) is 7.35. The van der Waals surface area contributed by atoms with Crippen molar-refractivity contribution in [2.75, 3.05) is 11.6 Å². The van der Waals surface area contributed by atoms with E-state index >= 15 is 0 Å². The first-order chi connectivity index (χ1) is 18.3. The fourth-order valence-electron chi connectivity index (χ4n) is 6.38. The maximum Gasteiger partial charge on any atom is 0.232 e. The Morgan fingerprint density at radius 3 is 2.63 bits per heavy atom. The Labute approximate surface area is 233 Å². The molecule has 2 aliphatic carbocycles. The number of hydrogen-bond acceptors (Lipinski definition) is 5. The monoisotopic (exact) mass is 539 g/mol. The van der Waals surface area contributed by atoms with Gasteiger partial charge < -0.3 is 5.32 Å². The summed E-state index contributed by atoms with van der Waals surface area (Å²) in [6, 6.07) is 19.4. The SMILES string of the molecule is CSc1ccc(Cc2csc(NC(=O)C3(C)CC4(C#N)c5ccccc5C3C(C)/C=C\C=C/C4C)n2)cc1. The number of carbonyl (C=O) groups excluding carboxylic acids is 1. The molecule has 2 aromatic carbocycles. The summed E-state index contributed by atoms with van der Waals surface area (Å²) in [6.07, 6.45) is 11.6. The molecule has 1 N–H and O–H groups in total. The number of allylic oxidation sites excluding steroid dienone is 4. The Balaban J connectivity index is 1.48. The second-order valence-electron chi connectivity index (χ2n) is 10.8. The molecule has 0 aliphatic heterocycles. The van der Waals surface area contributed by atoms with Gasteiger partial charge in [-0.2, -0.15) is 5.26 Å². The van der Waals surface area contributed by atoms with E-state index < -0.39 is 10.8 Å². The average Bonchev–Trinajstić information content (AvgIpc) is 3.36.